The fourth-order valence-electron chi connectivity index (χ4n) is 3.05. The molecular formula is C20H23N3O4. The Labute approximate surface area is 158 Å². The minimum Gasteiger partial charge on any atom is -0.493 e. The van der Waals surface area contributed by atoms with Crippen LogP contribution >= 0.6 is 0 Å². The highest BCUT2D eigenvalue weighted by molar-refractivity contribution is 5.97. The van der Waals surface area contributed by atoms with Crippen molar-refractivity contribution in [3.63, 3.8) is 0 Å². The van der Waals surface area contributed by atoms with Gasteiger partial charge in [-0.15, -0.1) is 0 Å². The highest BCUT2D eigenvalue weighted by atomic mass is 16.5. The summed E-state index contributed by atoms with van der Waals surface area (Å²) in [5.41, 5.74) is 2.55. The minimum atomic E-state index is -0.370. The highest BCUT2D eigenvalue weighted by Crippen LogP contribution is 2.29. The van der Waals surface area contributed by atoms with E-state index in [1.165, 1.54) is 7.11 Å². The van der Waals surface area contributed by atoms with Crippen molar-refractivity contribution in [1.82, 2.24) is 5.32 Å². The molecule has 0 aliphatic carbocycles. The first-order valence-electron chi connectivity index (χ1n) is 8.66. The molecule has 1 aliphatic heterocycles. The SMILES string of the molecule is COc1ccc(NC(=O)NC2CC(=O)N(c3ccc(C)cc3)C2)cc1OC. The van der Waals surface area contributed by atoms with E-state index in [4.69, 9.17) is 9.47 Å². The summed E-state index contributed by atoms with van der Waals surface area (Å²) in [6.45, 7) is 2.44. The second kappa shape index (κ2) is 7.99. The molecule has 2 aromatic carbocycles. The maximum atomic E-state index is 12.3. The van der Waals surface area contributed by atoms with Crippen LogP contribution in [0.3, 0.4) is 0 Å². The van der Waals surface area contributed by atoms with Gasteiger partial charge in [-0.05, 0) is 31.2 Å². The fraction of sp³-hybridized carbons (Fsp3) is 0.300. The molecular weight excluding hydrogens is 346 g/mol. The summed E-state index contributed by atoms with van der Waals surface area (Å²) in [5.74, 6) is 1.10. The zero-order chi connectivity index (χ0) is 19.4. The lowest BCUT2D eigenvalue weighted by molar-refractivity contribution is -0.117. The van der Waals surface area contributed by atoms with Gasteiger partial charge >= 0.3 is 6.03 Å². The van der Waals surface area contributed by atoms with E-state index in [-0.39, 0.29) is 24.4 Å². The number of nitrogens with one attached hydrogen (secondary N) is 2. The van der Waals surface area contributed by atoms with Gasteiger partial charge in [0.2, 0.25) is 5.91 Å². The van der Waals surface area contributed by atoms with Gasteiger partial charge < -0.3 is 25.0 Å². The average molecular weight is 369 g/mol. The molecule has 0 aromatic heterocycles. The van der Waals surface area contributed by atoms with Crippen LogP contribution in [0.1, 0.15) is 12.0 Å². The van der Waals surface area contributed by atoms with Crippen molar-refractivity contribution in [2.45, 2.75) is 19.4 Å². The molecule has 1 unspecified atom stereocenters. The zero-order valence-corrected chi connectivity index (χ0v) is 15.6. The third kappa shape index (κ3) is 4.31. The molecule has 0 radical (unpaired) electrons. The predicted octanol–water partition coefficient (Wildman–Crippen LogP) is 2.94. The molecule has 1 fully saturated rings. The molecule has 0 spiro atoms. The summed E-state index contributed by atoms with van der Waals surface area (Å²) in [4.78, 5) is 26.3. The van der Waals surface area contributed by atoms with E-state index in [1.807, 2.05) is 31.2 Å². The third-order valence-electron chi connectivity index (χ3n) is 4.45. The van der Waals surface area contributed by atoms with Crippen LogP contribution in [0.25, 0.3) is 0 Å². The Bertz CT molecular complexity index is 836. The van der Waals surface area contributed by atoms with E-state index >= 15 is 0 Å². The third-order valence-corrected chi connectivity index (χ3v) is 4.45. The van der Waals surface area contributed by atoms with Gasteiger partial charge in [-0.25, -0.2) is 4.79 Å². The van der Waals surface area contributed by atoms with E-state index in [0.717, 1.165) is 11.3 Å². The number of ether oxygens (including phenoxy) is 2. The lowest BCUT2D eigenvalue weighted by Gasteiger charge is -2.18. The van der Waals surface area contributed by atoms with Crippen molar-refractivity contribution in [3.8, 4) is 11.5 Å². The Hall–Kier alpha value is -3.22. The first-order valence-corrected chi connectivity index (χ1v) is 8.66. The van der Waals surface area contributed by atoms with E-state index in [1.54, 1.807) is 30.2 Å². The van der Waals surface area contributed by atoms with Crippen LogP contribution in [-0.2, 0) is 4.79 Å². The maximum Gasteiger partial charge on any atom is 0.319 e. The maximum absolute atomic E-state index is 12.3. The summed E-state index contributed by atoms with van der Waals surface area (Å²) >= 11 is 0. The normalized spacial score (nSPS) is 16.2. The van der Waals surface area contributed by atoms with Crippen LogP contribution in [0, 0.1) is 6.92 Å². The van der Waals surface area contributed by atoms with Crippen molar-refractivity contribution < 1.29 is 19.1 Å². The molecule has 7 heteroatoms. The smallest absolute Gasteiger partial charge is 0.319 e. The molecule has 1 heterocycles. The van der Waals surface area contributed by atoms with E-state index in [9.17, 15) is 9.59 Å². The van der Waals surface area contributed by atoms with E-state index in [0.29, 0.717) is 23.7 Å². The molecule has 1 saturated heterocycles. The summed E-state index contributed by atoms with van der Waals surface area (Å²) < 4.78 is 10.4. The number of urea groups is 1. The summed E-state index contributed by atoms with van der Waals surface area (Å²) in [7, 11) is 3.08. The second-order valence-corrected chi connectivity index (χ2v) is 6.41. The lowest BCUT2D eigenvalue weighted by atomic mass is 10.2. The number of aryl methyl sites for hydroxylation is 1. The zero-order valence-electron chi connectivity index (χ0n) is 15.6. The van der Waals surface area contributed by atoms with Crippen molar-refractivity contribution in [2.75, 3.05) is 31.0 Å². The number of carbonyl (C=O) groups excluding carboxylic acids is 2. The molecule has 0 saturated carbocycles. The number of carbonyl (C=O) groups is 2. The molecule has 1 atom stereocenters. The monoisotopic (exact) mass is 369 g/mol. The molecule has 3 amide bonds. The van der Waals surface area contributed by atoms with E-state index < -0.39 is 0 Å². The van der Waals surface area contributed by atoms with Gasteiger partial charge in [0, 0.05) is 30.4 Å². The number of amides is 3. The van der Waals surface area contributed by atoms with Gasteiger partial charge in [-0.2, -0.15) is 0 Å². The number of nitrogens with zero attached hydrogens (tertiary/aromatic N) is 1. The topological polar surface area (TPSA) is 79.9 Å². The van der Waals surface area contributed by atoms with Gasteiger partial charge in [0.05, 0.1) is 20.3 Å². The van der Waals surface area contributed by atoms with Gasteiger partial charge in [0.25, 0.3) is 0 Å². The van der Waals surface area contributed by atoms with Crippen molar-refractivity contribution in [1.29, 1.82) is 0 Å². The Kier molecular flexibility index (Phi) is 5.49. The molecule has 142 valence electrons. The molecule has 7 nitrogen and oxygen atoms in total. The van der Waals surface area contributed by atoms with Crippen LogP contribution in [0.4, 0.5) is 16.2 Å². The molecule has 2 aromatic rings. The van der Waals surface area contributed by atoms with Crippen LogP contribution in [0.2, 0.25) is 0 Å². The standard InChI is InChI=1S/C20H23N3O4/c1-13-4-7-16(8-5-13)23-12-15(11-19(23)24)22-20(25)21-14-6-9-17(26-2)18(10-14)27-3/h4-10,15H,11-12H2,1-3H3,(H2,21,22,25). The molecule has 3 rings (SSSR count). The van der Waals surface area contributed by atoms with Crippen LogP contribution < -0.4 is 25.0 Å². The van der Waals surface area contributed by atoms with Crippen LogP contribution in [0.15, 0.2) is 42.5 Å². The Morgan fingerprint density at radius 1 is 1.07 bits per heavy atom. The van der Waals surface area contributed by atoms with Crippen LogP contribution in [0.5, 0.6) is 11.5 Å². The molecule has 2 N–H and O–H groups in total. The Morgan fingerprint density at radius 2 is 1.78 bits per heavy atom. The van der Waals surface area contributed by atoms with Crippen LogP contribution in [-0.4, -0.2) is 38.7 Å². The summed E-state index contributed by atoms with van der Waals surface area (Å²) in [6, 6.07) is 12.3. The second-order valence-electron chi connectivity index (χ2n) is 6.41. The van der Waals surface area contributed by atoms with Gasteiger partial charge in [-0.3, -0.25) is 4.79 Å². The lowest BCUT2D eigenvalue weighted by Crippen LogP contribution is -2.39. The van der Waals surface area contributed by atoms with Gasteiger partial charge in [0.15, 0.2) is 11.5 Å². The van der Waals surface area contributed by atoms with Crippen molar-refractivity contribution in [3.05, 3.63) is 48.0 Å². The molecule has 27 heavy (non-hydrogen) atoms. The van der Waals surface area contributed by atoms with Crippen molar-refractivity contribution in [2.24, 2.45) is 0 Å². The first kappa shape index (κ1) is 18.6. The Morgan fingerprint density at radius 3 is 2.44 bits per heavy atom. The average Bonchev–Trinajstić information content (AvgIpc) is 3.02. The van der Waals surface area contributed by atoms with Gasteiger partial charge in [-0.1, -0.05) is 17.7 Å². The van der Waals surface area contributed by atoms with Gasteiger partial charge in [0.1, 0.15) is 0 Å². The van der Waals surface area contributed by atoms with Crippen molar-refractivity contribution >= 4 is 23.3 Å². The number of rotatable bonds is 5. The number of benzene rings is 2. The Balaban J connectivity index is 1.60. The quantitative estimate of drug-likeness (QED) is 0.849. The summed E-state index contributed by atoms with van der Waals surface area (Å²) in [6.07, 6.45) is 0.271. The number of methoxy groups -OCH3 is 2. The number of anilines is 2. The molecule has 0 bridgehead atoms. The predicted molar refractivity (Wildman–Crippen MR) is 104 cm³/mol. The first-order chi connectivity index (χ1) is 13.0. The number of hydrogen-bond donors (Lipinski definition) is 2. The fourth-order valence-corrected chi connectivity index (χ4v) is 3.05. The minimum absolute atomic E-state index is 0.00438. The highest BCUT2D eigenvalue weighted by Gasteiger charge is 2.31. The summed E-state index contributed by atoms with van der Waals surface area (Å²) in [5, 5.41) is 5.61. The largest absolute Gasteiger partial charge is 0.493 e. The molecule has 1 aliphatic rings. The van der Waals surface area contributed by atoms with E-state index in [2.05, 4.69) is 10.6 Å². The number of hydrogen-bond acceptors (Lipinski definition) is 4.